The van der Waals surface area contributed by atoms with Gasteiger partial charge in [-0.05, 0) is 46.1 Å². The third-order valence-electron chi connectivity index (χ3n) is 3.68. The Morgan fingerprint density at radius 1 is 1.28 bits per heavy atom. The number of hydrogen-bond acceptors (Lipinski definition) is 3. The van der Waals surface area contributed by atoms with E-state index >= 15 is 0 Å². The van der Waals surface area contributed by atoms with Gasteiger partial charge in [-0.1, -0.05) is 29.8 Å². The van der Waals surface area contributed by atoms with E-state index in [1.165, 1.54) is 5.56 Å². The van der Waals surface area contributed by atoms with E-state index in [9.17, 15) is 5.11 Å². The smallest absolute Gasteiger partial charge is 0.126 e. The first-order valence-electron chi connectivity index (χ1n) is 6.45. The van der Waals surface area contributed by atoms with Crippen molar-refractivity contribution in [1.82, 2.24) is 0 Å². The third kappa shape index (κ3) is 2.74. The quantitative estimate of drug-likeness (QED) is 0.820. The Morgan fingerprint density at radius 3 is 2.33 bits per heavy atom. The van der Waals surface area contributed by atoms with Crippen LogP contribution in [0.25, 0.3) is 0 Å². The zero-order valence-electron chi connectivity index (χ0n) is 11.6. The van der Waals surface area contributed by atoms with Gasteiger partial charge in [0.25, 0.3) is 0 Å². The van der Waals surface area contributed by atoms with E-state index in [2.05, 4.69) is 31.2 Å². The standard InChI is InChI=1S/C15H22O3/c1-11-5-7-12(8-6-11)15(4)10-9-13(17-18-15)14(2,3)16/h5-8,13,16H,9-10H2,1-4H3/t13-,15+/m1/s1. The lowest BCUT2D eigenvalue weighted by Gasteiger charge is -2.40. The molecule has 2 rings (SSSR count). The Hall–Kier alpha value is -0.900. The second-order valence-corrected chi connectivity index (χ2v) is 5.96. The van der Waals surface area contributed by atoms with Crippen LogP contribution in [0, 0.1) is 6.92 Å². The van der Waals surface area contributed by atoms with Gasteiger partial charge < -0.3 is 5.11 Å². The molecule has 1 heterocycles. The summed E-state index contributed by atoms with van der Waals surface area (Å²) in [6.07, 6.45) is 1.36. The summed E-state index contributed by atoms with van der Waals surface area (Å²) in [7, 11) is 0. The van der Waals surface area contributed by atoms with Crippen LogP contribution in [0.5, 0.6) is 0 Å². The van der Waals surface area contributed by atoms with E-state index < -0.39 is 11.2 Å². The molecule has 1 aromatic rings. The maximum absolute atomic E-state index is 9.91. The van der Waals surface area contributed by atoms with Crippen molar-refractivity contribution in [2.24, 2.45) is 0 Å². The number of rotatable bonds is 2. The van der Waals surface area contributed by atoms with Gasteiger partial charge in [0.15, 0.2) is 0 Å². The van der Waals surface area contributed by atoms with E-state index in [0.717, 1.165) is 18.4 Å². The van der Waals surface area contributed by atoms with Gasteiger partial charge in [-0.15, -0.1) is 0 Å². The van der Waals surface area contributed by atoms with Gasteiger partial charge in [0.2, 0.25) is 0 Å². The summed E-state index contributed by atoms with van der Waals surface area (Å²) in [5.74, 6) is 0. The van der Waals surface area contributed by atoms with Gasteiger partial charge >= 0.3 is 0 Å². The zero-order chi connectivity index (χ0) is 13.4. The van der Waals surface area contributed by atoms with Crippen LogP contribution in [-0.2, 0) is 15.4 Å². The van der Waals surface area contributed by atoms with Crippen molar-refractivity contribution in [1.29, 1.82) is 0 Å². The van der Waals surface area contributed by atoms with Gasteiger partial charge in [-0.3, -0.25) is 0 Å². The Bertz CT molecular complexity index is 395. The van der Waals surface area contributed by atoms with Crippen LogP contribution >= 0.6 is 0 Å². The molecule has 1 saturated heterocycles. The summed E-state index contributed by atoms with van der Waals surface area (Å²) in [5.41, 5.74) is 1.06. The Kier molecular flexibility index (Phi) is 3.49. The molecule has 1 fully saturated rings. The molecule has 3 nitrogen and oxygen atoms in total. The highest BCUT2D eigenvalue weighted by Gasteiger charge is 2.40. The highest BCUT2D eigenvalue weighted by atomic mass is 17.2. The minimum Gasteiger partial charge on any atom is -0.388 e. The molecule has 1 aromatic carbocycles. The lowest BCUT2D eigenvalue weighted by Crippen LogP contribution is -2.45. The highest BCUT2D eigenvalue weighted by molar-refractivity contribution is 5.26. The molecular formula is C15H22O3. The van der Waals surface area contributed by atoms with Crippen molar-refractivity contribution in [3.63, 3.8) is 0 Å². The van der Waals surface area contributed by atoms with Crippen LogP contribution in [0.15, 0.2) is 24.3 Å². The van der Waals surface area contributed by atoms with Gasteiger partial charge in [-0.2, -0.15) is 0 Å². The fraction of sp³-hybridized carbons (Fsp3) is 0.600. The monoisotopic (exact) mass is 250 g/mol. The predicted molar refractivity (Wildman–Crippen MR) is 70.0 cm³/mol. The Balaban J connectivity index is 2.10. The van der Waals surface area contributed by atoms with Crippen molar-refractivity contribution in [3.05, 3.63) is 35.4 Å². The average molecular weight is 250 g/mol. The molecule has 0 amide bonds. The van der Waals surface area contributed by atoms with Crippen molar-refractivity contribution < 1.29 is 14.9 Å². The molecule has 1 aliphatic heterocycles. The minimum absolute atomic E-state index is 0.268. The minimum atomic E-state index is -0.866. The molecular weight excluding hydrogens is 228 g/mol. The largest absolute Gasteiger partial charge is 0.388 e. The first kappa shape index (κ1) is 13.5. The van der Waals surface area contributed by atoms with Crippen LogP contribution in [0.1, 0.15) is 44.7 Å². The Labute approximate surface area is 109 Å². The van der Waals surface area contributed by atoms with Gasteiger partial charge in [0.05, 0.1) is 5.60 Å². The van der Waals surface area contributed by atoms with Crippen LogP contribution in [0.2, 0.25) is 0 Å². The van der Waals surface area contributed by atoms with E-state index in [1.54, 1.807) is 13.8 Å². The molecule has 1 N–H and O–H groups in total. The van der Waals surface area contributed by atoms with Crippen molar-refractivity contribution in [2.75, 3.05) is 0 Å². The van der Waals surface area contributed by atoms with Crippen molar-refractivity contribution >= 4 is 0 Å². The van der Waals surface area contributed by atoms with Crippen LogP contribution < -0.4 is 0 Å². The Morgan fingerprint density at radius 2 is 1.89 bits per heavy atom. The zero-order valence-corrected chi connectivity index (χ0v) is 11.6. The highest BCUT2D eigenvalue weighted by Crippen LogP contribution is 2.38. The molecule has 0 aliphatic carbocycles. The fourth-order valence-corrected chi connectivity index (χ4v) is 2.23. The average Bonchev–Trinajstić information content (AvgIpc) is 2.29. The maximum Gasteiger partial charge on any atom is 0.126 e. The number of aryl methyl sites for hydroxylation is 1. The molecule has 3 heteroatoms. The van der Waals surface area contributed by atoms with Crippen molar-refractivity contribution in [2.45, 2.75) is 57.8 Å². The van der Waals surface area contributed by atoms with E-state index in [0.29, 0.717) is 0 Å². The molecule has 2 atom stereocenters. The van der Waals surface area contributed by atoms with E-state index in [1.807, 2.05) is 6.92 Å². The topological polar surface area (TPSA) is 38.7 Å². The first-order chi connectivity index (χ1) is 8.31. The van der Waals surface area contributed by atoms with Crippen molar-refractivity contribution in [3.8, 4) is 0 Å². The lowest BCUT2D eigenvalue weighted by atomic mass is 9.86. The van der Waals surface area contributed by atoms with E-state index in [4.69, 9.17) is 9.78 Å². The summed E-state index contributed by atoms with van der Waals surface area (Å²) in [6, 6.07) is 8.30. The molecule has 0 spiro atoms. The van der Waals surface area contributed by atoms with Crippen LogP contribution in [0.4, 0.5) is 0 Å². The molecule has 0 saturated carbocycles. The fourth-order valence-electron chi connectivity index (χ4n) is 2.23. The second kappa shape index (κ2) is 4.65. The summed E-state index contributed by atoms with van der Waals surface area (Å²) in [5, 5.41) is 9.91. The summed E-state index contributed by atoms with van der Waals surface area (Å²) >= 11 is 0. The molecule has 18 heavy (non-hydrogen) atoms. The van der Waals surface area contributed by atoms with Gasteiger partial charge in [0, 0.05) is 0 Å². The normalized spacial score (nSPS) is 29.3. The summed E-state index contributed by atoms with van der Waals surface area (Å²) < 4.78 is 0. The van der Waals surface area contributed by atoms with E-state index in [-0.39, 0.29) is 6.10 Å². The van der Waals surface area contributed by atoms with Gasteiger partial charge in [-0.25, -0.2) is 9.78 Å². The number of hydrogen-bond donors (Lipinski definition) is 1. The number of aliphatic hydroxyl groups is 1. The molecule has 100 valence electrons. The molecule has 0 aromatic heterocycles. The first-order valence-corrected chi connectivity index (χ1v) is 6.45. The summed E-state index contributed by atoms with van der Waals surface area (Å²) in [4.78, 5) is 11.0. The summed E-state index contributed by atoms with van der Waals surface area (Å²) in [6.45, 7) is 7.58. The molecule has 0 radical (unpaired) electrons. The maximum atomic E-state index is 9.91. The van der Waals surface area contributed by atoms with Crippen LogP contribution in [-0.4, -0.2) is 16.8 Å². The molecule has 1 aliphatic rings. The molecule has 0 bridgehead atoms. The van der Waals surface area contributed by atoms with Crippen LogP contribution in [0.3, 0.4) is 0 Å². The predicted octanol–water partition coefficient (Wildman–Crippen LogP) is 3.09. The third-order valence-corrected chi connectivity index (χ3v) is 3.68. The SMILES string of the molecule is Cc1ccc([C@]2(C)CC[C@H](C(C)(C)O)OO2)cc1. The second-order valence-electron chi connectivity index (χ2n) is 5.96. The lowest BCUT2D eigenvalue weighted by molar-refractivity contribution is -0.427. The van der Waals surface area contributed by atoms with Gasteiger partial charge in [0.1, 0.15) is 11.7 Å². The molecule has 0 unspecified atom stereocenters. The number of benzene rings is 1.